The molecule has 0 radical (unpaired) electrons. The molecule has 4 nitrogen and oxygen atoms in total. The van der Waals surface area contributed by atoms with Crippen LogP contribution in [-0.4, -0.2) is 57.5 Å². The Morgan fingerprint density at radius 2 is 1.88 bits per heavy atom. The van der Waals surface area contributed by atoms with Gasteiger partial charge in [-0.2, -0.15) is 0 Å². The molecule has 0 saturated heterocycles. The van der Waals surface area contributed by atoms with Gasteiger partial charge in [0.2, 0.25) is 0 Å². The monoisotopic (exact) mass is 232 g/mol. The summed E-state index contributed by atoms with van der Waals surface area (Å²) < 4.78 is 10.4. The van der Waals surface area contributed by atoms with E-state index in [1.165, 1.54) is 0 Å². The van der Waals surface area contributed by atoms with Crippen molar-refractivity contribution in [3.8, 4) is 0 Å². The zero-order chi connectivity index (χ0) is 12.6. The molecule has 0 heterocycles. The van der Waals surface area contributed by atoms with Crippen molar-refractivity contribution in [2.45, 2.75) is 26.3 Å². The lowest BCUT2D eigenvalue weighted by Crippen LogP contribution is -2.56. The fourth-order valence-electron chi connectivity index (χ4n) is 1.81. The highest BCUT2D eigenvalue weighted by molar-refractivity contribution is 4.87. The van der Waals surface area contributed by atoms with E-state index in [0.717, 1.165) is 19.7 Å². The number of rotatable bonds is 9. The number of hydrogen-bond donors (Lipinski definition) is 1. The molecule has 0 fully saturated rings. The Labute approximate surface area is 100 Å². The largest absolute Gasteiger partial charge is 0.383 e. The summed E-state index contributed by atoms with van der Waals surface area (Å²) >= 11 is 0. The van der Waals surface area contributed by atoms with Crippen molar-refractivity contribution in [1.29, 1.82) is 0 Å². The molecule has 98 valence electrons. The molecule has 0 aliphatic carbocycles. The molecule has 0 aliphatic heterocycles. The van der Waals surface area contributed by atoms with E-state index in [4.69, 9.17) is 15.2 Å². The normalized spacial score (nSPS) is 15.8. The van der Waals surface area contributed by atoms with Crippen molar-refractivity contribution in [3.63, 3.8) is 0 Å². The van der Waals surface area contributed by atoms with Gasteiger partial charge in [-0.15, -0.1) is 0 Å². The van der Waals surface area contributed by atoms with E-state index in [1.54, 1.807) is 14.2 Å². The first kappa shape index (κ1) is 15.8. The highest BCUT2D eigenvalue weighted by Gasteiger charge is 2.30. The molecule has 0 spiro atoms. The second-order valence-corrected chi connectivity index (χ2v) is 4.97. The van der Waals surface area contributed by atoms with Crippen LogP contribution in [0.4, 0.5) is 0 Å². The fourth-order valence-corrected chi connectivity index (χ4v) is 1.81. The number of nitrogens with zero attached hydrogens (tertiary/aromatic N) is 1. The average Bonchev–Trinajstić information content (AvgIpc) is 2.23. The molecule has 4 heteroatoms. The molecular weight excluding hydrogens is 204 g/mol. The van der Waals surface area contributed by atoms with Crippen LogP contribution in [0.5, 0.6) is 0 Å². The van der Waals surface area contributed by atoms with Crippen molar-refractivity contribution >= 4 is 0 Å². The molecule has 0 bridgehead atoms. The predicted octanol–water partition coefficient (Wildman–Crippen LogP) is 0.955. The third-order valence-electron chi connectivity index (χ3n) is 2.81. The first-order chi connectivity index (χ1) is 7.50. The summed E-state index contributed by atoms with van der Waals surface area (Å²) in [6, 6.07) is 0. The lowest BCUT2D eigenvalue weighted by molar-refractivity contribution is 0.00593. The van der Waals surface area contributed by atoms with Gasteiger partial charge < -0.3 is 15.2 Å². The molecule has 0 aliphatic rings. The SMILES string of the molecule is COCCN(CC(C)C)C(C)(CN)COC. The number of hydrogen-bond acceptors (Lipinski definition) is 4. The second kappa shape index (κ2) is 8.01. The van der Waals surface area contributed by atoms with Gasteiger partial charge in [0.05, 0.1) is 18.8 Å². The van der Waals surface area contributed by atoms with Gasteiger partial charge in [-0.05, 0) is 12.8 Å². The minimum atomic E-state index is -0.0997. The van der Waals surface area contributed by atoms with Gasteiger partial charge in [0.1, 0.15) is 0 Å². The second-order valence-electron chi connectivity index (χ2n) is 4.97. The summed E-state index contributed by atoms with van der Waals surface area (Å²) in [4.78, 5) is 2.37. The Balaban J connectivity index is 4.53. The molecule has 1 unspecified atom stereocenters. The quantitative estimate of drug-likeness (QED) is 0.643. The van der Waals surface area contributed by atoms with Crippen LogP contribution in [0.3, 0.4) is 0 Å². The van der Waals surface area contributed by atoms with Crippen molar-refractivity contribution in [3.05, 3.63) is 0 Å². The van der Waals surface area contributed by atoms with E-state index in [0.29, 0.717) is 19.1 Å². The minimum Gasteiger partial charge on any atom is -0.383 e. The van der Waals surface area contributed by atoms with Gasteiger partial charge in [-0.25, -0.2) is 0 Å². The van der Waals surface area contributed by atoms with Gasteiger partial charge in [-0.3, -0.25) is 4.90 Å². The summed E-state index contributed by atoms with van der Waals surface area (Å²) in [7, 11) is 3.45. The summed E-state index contributed by atoms with van der Waals surface area (Å²) in [5.41, 5.74) is 5.78. The van der Waals surface area contributed by atoms with Crippen molar-refractivity contribution in [2.24, 2.45) is 11.7 Å². The lowest BCUT2D eigenvalue weighted by Gasteiger charge is -2.41. The molecule has 16 heavy (non-hydrogen) atoms. The third kappa shape index (κ3) is 5.25. The first-order valence-corrected chi connectivity index (χ1v) is 5.93. The van der Waals surface area contributed by atoms with Crippen LogP contribution in [0, 0.1) is 5.92 Å². The van der Waals surface area contributed by atoms with Gasteiger partial charge in [0.25, 0.3) is 0 Å². The molecule has 2 N–H and O–H groups in total. The number of nitrogens with two attached hydrogens (primary N) is 1. The maximum atomic E-state index is 5.88. The Morgan fingerprint density at radius 3 is 2.25 bits per heavy atom. The standard InChI is InChI=1S/C12H28N2O2/c1-11(2)8-14(6-7-15-4)12(3,9-13)10-16-5/h11H,6-10,13H2,1-5H3. The molecule has 1 atom stereocenters. The first-order valence-electron chi connectivity index (χ1n) is 5.93. The van der Waals surface area contributed by atoms with Crippen LogP contribution in [0.1, 0.15) is 20.8 Å². The molecule has 0 rings (SSSR count). The van der Waals surface area contributed by atoms with Crippen LogP contribution >= 0.6 is 0 Å². The molecule has 0 amide bonds. The van der Waals surface area contributed by atoms with E-state index < -0.39 is 0 Å². The summed E-state index contributed by atoms with van der Waals surface area (Å²) in [6.45, 7) is 10.5. The van der Waals surface area contributed by atoms with Crippen molar-refractivity contribution < 1.29 is 9.47 Å². The smallest absolute Gasteiger partial charge is 0.0656 e. The van der Waals surface area contributed by atoms with Crippen LogP contribution < -0.4 is 5.73 Å². The number of ether oxygens (including phenoxy) is 2. The summed E-state index contributed by atoms with van der Waals surface area (Å²) in [6.07, 6.45) is 0. The average molecular weight is 232 g/mol. The van der Waals surface area contributed by atoms with Gasteiger partial charge in [-0.1, -0.05) is 13.8 Å². The van der Waals surface area contributed by atoms with Crippen LogP contribution in [-0.2, 0) is 9.47 Å². The van der Waals surface area contributed by atoms with E-state index in [1.807, 2.05) is 0 Å². The van der Waals surface area contributed by atoms with Crippen LogP contribution in [0.2, 0.25) is 0 Å². The topological polar surface area (TPSA) is 47.7 Å². The zero-order valence-corrected chi connectivity index (χ0v) is 11.5. The Kier molecular flexibility index (Phi) is 7.93. The van der Waals surface area contributed by atoms with E-state index in [9.17, 15) is 0 Å². The van der Waals surface area contributed by atoms with Gasteiger partial charge >= 0.3 is 0 Å². The molecule has 0 aromatic carbocycles. The Morgan fingerprint density at radius 1 is 1.25 bits per heavy atom. The van der Waals surface area contributed by atoms with Crippen LogP contribution in [0.15, 0.2) is 0 Å². The van der Waals surface area contributed by atoms with Gasteiger partial charge in [0.15, 0.2) is 0 Å². The number of methoxy groups -OCH3 is 2. The highest BCUT2D eigenvalue weighted by Crippen LogP contribution is 2.16. The van der Waals surface area contributed by atoms with Crippen molar-refractivity contribution in [2.75, 3.05) is 47.1 Å². The van der Waals surface area contributed by atoms with Gasteiger partial charge in [0, 0.05) is 33.9 Å². The highest BCUT2D eigenvalue weighted by atomic mass is 16.5. The fraction of sp³-hybridized carbons (Fsp3) is 1.00. The van der Waals surface area contributed by atoms with Crippen LogP contribution in [0.25, 0.3) is 0 Å². The molecule has 0 aromatic rings. The zero-order valence-electron chi connectivity index (χ0n) is 11.5. The maximum absolute atomic E-state index is 5.88. The Bertz CT molecular complexity index is 176. The molecular formula is C12H28N2O2. The van der Waals surface area contributed by atoms with E-state index in [-0.39, 0.29) is 5.54 Å². The van der Waals surface area contributed by atoms with E-state index in [2.05, 4.69) is 25.7 Å². The summed E-state index contributed by atoms with van der Waals surface area (Å²) in [5, 5.41) is 0. The van der Waals surface area contributed by atoms with Crippen molar-refractivity contribution in [1.82, 2.24) is 4.90 Å². The minimum absolute atomic E-state index is 0.0997. The Hall–Kier alpha value is -0.160. The summed E-state index contributed by atoms with van der Waals surface area (Å²) in [5.74, 6) is 0.611. The molecule has 0 aromatic heterocycles. The van der Waals surface area contributed by atoms with E-state index >= 15 is 0 Å². The third-order valence-corrected chi connectivity index (χ3v) is 2.81. The molecule has 0 saturated carbocycles. The maximum Gasteiger partial charge on any atom is 0.0656 e. The lowest BCUT2D eigenvalue weighted by atomic mass is 9.99. The predicted molar refractivity (Wildman–Crippen MR) is 67.6 cm³/mol.